The number of allylic oxidation sites excluding steroid dienone is 1. The maximum Gasteiger partial charge on any atom is 0.274 e. The molecule has 0 aliphatic carbocycles. The molecule has 0 unspecified atom stereocenters. The predicted octanol–water partition coefficient (Wildman–Crippen LogP) is 3.39. The highest BCUT2D eigenvalue weighted by Crippen LogP contribution is 2.33. The van der Waals surface area contributed by atoms with Crippen molar-refractivity contribution >= 4 is 50.2 Å². The molecule has 0 fully saturated rings. The Kier molecular flexibility index (Phi) is 7.19. The zero-order valence-corrected chi connectivity index (χ0v) is 20.1. The molecule has 0 saturated carbocycles. The van der Waals surface area contributed by atoms with Gasteiger partial charge in [-0.15, -0.1) is 6.58 Å². The monoisotopic (exact) mass is 487 g/mol. The van der Waals surface area contributed by atoms with E-state index in [0.717, 1.165) is 18.2 Å². The van der Waals surface area contributed by atoms with Crippen LogP contribution in [0.3, 0.4) is 0 Å². The van der Waals surface area contributed by atoms with Gasteiger partial charge in [-0.1, -0.05) is 29.2 Å². The van der Waals surface area contributed by atoms with Gasteiger partial charge in [-0.25, -0.2) is 4.98 Å². The van der Waals surface area contributed by atoms with Gasteiger partial charge in [0.05, 0.1) is 5.75 Å². The Balaban J connectivity index is 1.53. The lowest BCUT2D eigenvalue weighted by Crippen LogP contribution is -2.23. The normalized spacial score (nSPS) is 12.5. The van der Waals surface area contributed by atoms with Gasteiger partial charge < -0.3 is 19.7 Å². The largest absolute Gasteiger partial charge is 0.486 e. The summed E-state index contributed by atoms with van der Waals surface area (Å²) < 4.78 is 13.1. The van der Waals surface area contributed by atoms with Crippen LogP contribution in [0.5, 0.6) is 11.5 Å². The molecule has 0 atom stereocenters. The summed E-state index contributed by atoms with van der Waals surface area (Å²) in [5.74, 6) is 1.12. The average Bonchev–Trinajstić information content (AvgIpc) is 3.24. The van der Waals surface area contributed by atoms with Gasteiger partial charge in [-0.05, 0) is 26.0 Å². The van der Waals surface area contributed by atoms with Crippen molar-refractivity contribution < 1.29 is 14.3 Å². The maximum atomic E-state index is 13.1. The van der Waals surface area contributed by atoms with Crippen LogP contribution >= 0.6 is 23.1 Å². The lowest BCUT2D eigenvalue weighted by atomic mass is 10.2. The summed E-state index contributed by atoms with van der Waals surface area (Å²) in [4.78, 5) is 36.9. The summed E-state index contributed by atoms with van der Waals surface area (Å²) in [6.07, 6.45) is 1.64. The number of ether oxygens (including phenoxy) is 2. The van der Waals surface area contributed by atoms with Crippen molar-refractivity contribution in [1.82, 2.24) is 14.5 Å². The second-order valence-corrected chi connectivity index (χ2v) is 9.04. The van der Waals surface area contributed by atoms with Crippen molar-refractivity contribution in [3.63, 3.8) is 0 Å². The summed E-state index contributed by atoms with van der Waals surface area (Å²) in [7, 11) is 0. The fourth-order valence-corrected chi connectivity index (χ4v) is 5.23. The number of thioether (sulfide) groups is 1. The summed E-state index contributed by atoms with van der Waals surface area (Å²) in [6, 6.07) is 5.27. The van der Waals surface area contributed by atoms with E-state index >= 15 is 0 Å². The van der Waals surface area contributed by atoms with Crippen molar-refractivity contribution in [3.8, 4) is 11.5 Å². The first kappa shape index (κ1) is 23.1. The number of hydrogen-bond acceptors (Lipinski definition) is 9. The molecule has 1 aromatic carbocycles. The molecular weight excluding hydrogens is 462 g/mol. The van der Waals surface area contributed by atoms with Crippen molar-refractivity contribution in [1.29, 1.82) is 0 Å². The summed E-state index contributed by atoms with van der Waals surface area (Å²) >= 11 is 2.53. The molecule has 33 heavy (non-hydrogen) atoms. The van der Waals surface area contributed by atoms with Crippen LogP contribution in [0.15, 0.2) is 40.8 Å². The molecule has 0 bridgehead atoms. The molecule has 1 N–H and O–H groups in total. The highest BCUT2D eigenvalue weighted by atomic mass is 32.2. The molecule has 9 nitrogen and oxygen atoms in total. The van der Waals surface area contributed by atoms with Gasteiger partial charge in [0.1, 0.15) is 17.9 Å². The minimum absolute atomic E-state index is 0.0799. The zero-order valence-electron chi connectivity index (χ0n) is 18.5. The molecule has 11 heteroatoms. The van der Waals surface area contributed by atoms with Crippen molar-refractivity contribution in [2.24, 2.45) is 0 Å². The number of aromatic nitrogens is 3. The van der Waals surface area contributed by atoms with Crippen LogP contribution < -0.4 is 25.2 Å². The minimum Gasteiger partial charge on any atom is -0.486 e. The van der Waals surface area contributed by atoms with Crippen LogP contribution in [0.4, 0.5) is 10.8 Å². The number of anilines is 2. The van der Waals surface area contributed by atoms with Crippen LogP contribution in [0.1, 0.15) is 13.8 Å². The van der Waals surface area contributed by atoms with Crippen molar-refractivity contribution in [2.75, 3.05) is 42.3 Å². The van der Waals surface area contributed by atoms with E-state index in [1.807, 2.05) is 13.8 Å². The van der Waals surface area contributed by atoms with Gasteiger partial charge in [0.25, 0.3) is 5.56 Å². The van der Waals surface area contributed by atoms with Crippen LogP contribution in [-0.2, 0) is 11.3 Å². The highest BCUT2D eigenvalue weighted by molar-refractivity contribution is 7.99. The number of rotatable bonds is 9. The Morgan fingerprint density at radius 3 is 2.76 bits per heavy atom. The van der Waals surface area contributed by atoms with Crippen LogP contribution in [0.25, 0.3) is 10.3 Å². The lowest BCUT2D eigenvalue weighted by molar-refractivity contribution is -0.113. The van der Waals surface area contributed by atoms with E-state index in [4.69, 9.17) is 9.47 Å². The third-order valence-corrected chi connectivity index (χ3v) is 7.04. The fraction of sp³-hybridized carbons (Fsp3) is 0.364. The molecule has 4 rings (SSSR count). The molecule has 3 heterocycles. The number of carbonyl (C=O) groups is 1. The number of amides is 1. The number of thiazole rings is 1. The molecule has 174 valence electrons. The van der Waals surface area contributed by atoms with Crippen LogP contribution in [0.2, 0.25) is 0 Å². The lowest BCUT2D eigenvalue weighted by Gasteiger charge is -2.19. The third-order valence-electron chi connectivity index (χ3n) is 4.97. The van der Waals surface area contributed by atoms with E-state index in [0.29, 0.717) is 52.4 Å². The Morgan fingerprint density at radius 2 is 2.03 bits per heavy atom. The van der Waals surface area contributed by atoms with E-state index in [2.05, 4.69) is 26.8 Å². The Morgan fingerprint density at radius 1 is 1.27 bits per heavy atom. The fourth-order valence-electron chi connectivity index (χ4n) is 3.35. The SMILES string of the molecule is C=CCn1c(SCC(=O)Nc2ccc3c(c2)OCCO3)nc2nc(N(CC)CC)sc2c1=O. The quantitative estimate of drug-likeness (QED) is 0.279. The molecule has 0 radical (unpaired) electrons. The first-order valence-corrected chi connectivity index (χ1v) is 12.4. The summed E-state index contributed by atoms with van der Waals surface area (Å²) in [5, 5.41) is 4.05. The van der Waals surface area contributed by atoms with Gasteiger partial charge >= 0.3 is 0 Å². The van der Waals surface area contributed by atoms with E-state index in [9.17, 15) is 9.59 Å². The number of benzene rings is 1. The molecule has 2 aromatic heterocycles. The second-order valence-electron chi connectivity index (χ2n) is 7.12. The van der Waals surface area contributed by atoms with Gasteiger partial charge in [-0.3, -0.25) is 14.2 Å². The predicted molar refractivity (Wildman–Crippen MR) is 132 cm³/mol. The molecule has 0 saturated heterocycles. The first-order chi connectivity index (χ1) is 16.0. The molecule has 1 aliphatic rings. The molecule has 0 spiro atoms. The number of carbonyl (C=O) groups excluding carboxylic acids is 1. The van der Waals surface area contributed by atoms with E-state index in [-0.39, 0.29) is 17.2 Å². The smallest absolute Gasteiger partial charge is 0.274 e. The van der Waals surface area contributed by atoms with E-state index < -0.39 is 0 Å². The number of fused-ring (bicyclic) bond motifs is 2. The summed E-state index contributed by atoms with van der Waals surface area (Å²) in [5.41, 5.74) is 0.840. The number of nitrogens with zero attached hydrogens (tertiary/aromatic N) is 4. The first-order valence-electron chi connectivity index (χ1n) is 10.6. The van der Waals surface area contributed by atoms with Crippen molar-refractivity contribution in [2.45, 2.75) is 25.5 Å². The van der Waals surface area contributed by atoms with Gasteiger partial charge in [0.15, 0.2) is 27.4 Å². The Labute approximate surface area is 199 Å². The second kappa shape index (κ2) is 10.3. The minimum atomic E-state index is -0.224. The van der Waals surface area contributed by atoms with Crippen LogP contribution in [-0.4, -0.2) is 52.5 Å². The Bertz CT molecular complexity index is 1240. The van der Waals surface area contributed by atoms with E-state index in [1.165, 1.54) is 27.7 Å². The van der Waals surface area contributed by atoms with Gasteiger partial charge in [-0.2, -0.15) is 4.98 Å². The molecular formula is C22H25N5O4S2. The number of nitrogens with one attached hydrogen (secondary N) is 1. The zero-order chi connectivity index (χ0) is 23.4. The average molecular weight is 488 g/mol. The molecule has 1 aliphatic heterocycles. The van der Waals surface area contributed by atoms with Gasteiger partial charge in [0, 0.05) is 31.4 Å². The van der Waals surface area contributed by atoms with Crippen molar-refractivity contribution in [3.05, 3.63) is 41.2 Å². The Hall–Kier alpha value is -3.05. The van der Waals surface area contributed by atoms with Crippen LogP contribution in [0, 0.1) is 0 Å². The summed E-state index contributed by atoms with van der Waals surface area (Å²) in [6.45, 7) is 10.7. The van der Waals surface area contributed by atoms with Gasteiger partial charge in [0.2, 0.25) is 5.91 Å². The standard InChI is InChI=1S/C22H25N5O4S2/c1-4-9-27-20(29)18-19(24-21(33-18)26(5-2)6-3)25-22(27)32-13-17(28)23-14-7-8-15-16(12-14)31-11-10-30-15/h4,7-8,12H,1,5-6,9-11,13H2,2-3H3,(H,23,28). The molecule has 1 amide bonds. The van der Waals surface area contributed by atoms with E-state index in [1.54, 1.807) is 24.3 Å². The topological polar surface area (TPSA) is 98.6 Å². The maximum absolute atomic E-state index is 13.1. The molecule has 3 aromatic rings. The highest BCUT2D eigenvalue weighted by Gasteiger charge is 2.19. The third kappa shape index (κ3) is 4.98. The number of hydrogen-bond donors (Lipinski definition) is 1.